The standard InChI is InChI=1S/C14H29N3O/c1-4-6-9-16-14(15-5-2)17(3)10-11-18-12-13-7-8-13/h13H,4-12H2,1-3H3,(H,15,16). The van der Waals surface area contributed by atoms with Gasteiger partial charge in [0, 0.05) is 33.3 Å². The Morgan fingerprint density at radius 1 is 1.39 bits per heavy atom. The summed E-state index contributed by atoms with van der Waals surface area (Å²) in [6.07, 6.45) is 5.06. The van der Waals surface area contributed by atoms with Gasteiger partial charge in [-0.1, -0.05) is 13.3 Å². The normalized spacial score (nSPS) is 15.8. The van der Waals surface area contributed by atoms with Gasteiger partial charge in [-0.3, -0.25) is 4.99 Å². The lowest BCUT2D eigenvalue weighted by molar-refractivity contribution is 0.115. The van der Waals surface area contributed by atoms with Gasteiger partial charge in [0.15, 0.2) is 5.96 Å². The van der Waals surface area contributed by atoms with E-state index in [4.69, 9.17) is 4.74 Å². The Kier molecular flexibility index (Phi) is 7.81. The monoisotopic (exact) mass is 255 g/mol. The van der Waals surface area contributed by atoms with E-state index in [1.165, 1.54) is 19.3 Å². The van der Waals surface area contributed by atoms with Crippen LogP contribution in [0.25, 0.3) is 0 Å². The molecule has 1 N–H and O–H groups in total. The second kappa shape index (κ2) is 9.20. The van der Waals surface area contributed by atoms with Crippen LogP contribution in [0.4, 0.5) is 0 Å². The van der Waals surface area contributed by atoms with Crippen molar-refractivity contribution in [2.75, 3.05) is 39.9 Å². The summed E-state index contributed by atoms with van der Waals surface area (Å²) < 4.78 is 5.66. The second-order valence-electron chi connectivity index (χ2n) is 5.03. The third kappa shape index (κ3) is 6.84. The average Bonchev–Trinajstić information content (AvgIpc) is 3.17. The van der Waals surface area contributed by atoms with E-state index in [9.17, 15) is 0 Å². The third-order valence-electron chi connectivity index (χ3n) is 3.09. The van der Waals surface area contributed by atoms with Crippen LogP contribution in [0.15, 0.2) is 4.99 Å². The van der Waals surface area contributed by atoms with Gasteiger partial charge >= 0.3 is 0 Å². The first-order valence-corrected chi connectivity index (χ1v) is 7.35. The van der Waals surface area contributed by atoms with Gasteiger partial charge < -0.3 is 15.0 Å². The second-order valence-corrected chi connectivity index (χ2v) is 5.03. The van der Waals surface area contributed by atoms with Crippen LogP contribution in [-0.4, -0.2) is 50.8 Å². The van der Waals surface area contributed by atoms with Crippen molar-refractivity contribution >= 4 is 5.96 Å². The van der Waals surface area contributed by atoms with Crippen LogP contribution in [0.1, 0.15) is 39.5 Å². The Morgan fingerprint density at radius 3 is 2.78 bits per heavy atom. The molecule has 18 heavy (non-hydrogen) atoms. The molecule has 1 aliphatic rings. The molecule has 0 radical (unpaired) electrons. The first-order chi connectivity index (χ1) is 8.77. The van der Waals surface area contributed by atoms with E-state index >= 15 is 0 Å². The highest BCUT2D eigenvalue weighted by molar-refractivity contribution is 5.79. The van der Waals surface area contributed by atoms with Crippen LogP contribution in [0.2, 0.25) is 0 Å². The Hall–Kier alpha value is -0.770. The number of likely N-dealkylation sites (N-methyl/N-ethyl adjacent to an activating group) is 1. The maximum absolute atomic E-state index is 5.66. The third-order valence-corrected chi connectivity index (χ3v) is 3.09. The fourth-order valence-electron chi connectivity index (χ4n) is 1.65. The predicted molar refractivity (Wildman–Crippen MR) is 77.1 cm³/mol. The minimum absolute atomic E-state index is 0.797. The SMILES string of the molecule is CCCCN=C(NCC)N(C)CCOCC1CC1. The Labute approximate surface area is 112 Å². The molecule has 4 heteroatoms. The van der Waals surface area contributed by atoms with Gasteiger partial charge in [-0.2, -0.15) is 0 Å². The minimum Gasteiger partial charge on any atom is -0.379 e. The quantitative estimate of drug-likeness (QED) is 0.389. The lowest BCUT2D eigenvalue weighted by Gasteiger charge is -2.22. The Bertz CT molecular complexity index is 239. The van der Waals surface area contributed by atoms with Gasteiger partial charge in [-0.05, 0) is 32.1 Å². The van der Waals surface area contributed by atoms with Crippen molar-refractivity contribution in [3.05, 3.63) is 0 Å². The van der Waals surface area contributed by atoms with Gasteiger partial charge in [0.2, 0.25) is 0 Å². The topological polar surface area (TPSA) is 36.9 Å². The van der Waals surface area contributed by atoms with Crippen LogP contribution in [0, 0.1) is 5.92 Å². The molecule has 0 aliphatic heterocycles. The summed E-state index contributed by atoms with van der Waals surface area (Å²) in [4.78, 5) is 6.76. The molecule has 1 fully saturated rings. The first kappa shape index (κ1) is 15.3. The number of guanidine groups is 1. The minimum atomic E-state index is 0.797. The molecule has 0 aromatic rings. The van der Waals surface area contributed by atoms with Crippen molar-refractivity contribution in [1.82, 2.24) is 10.2 Å². The molecular weight excluding hydrogens is 226 g/mol. The molecule has 0 amide bonds. The fraction of sp³-hybridized carbons (Fsp3) is 0.929. The zero-order valence-corrected chi connectivity index (χ0v) is 12.2. The van der Waals surface area contributed by atoms with Crippen molar-refractivity contribution in [1.29, 1.82) is 0 Å². The summed E-state index contributed by atoms with van der Waals surface area (Å²) in [6, 6.07) is 0. The number of nitrogens with zero attached hydrogens (tertiary/aromatic N) is 2. The van der Waals surface area contributed by atoms with Gasteiger partial charge in [0.1, 0.15) is 0 Å². The lowest BCUT2D eigenvalue weighted by atomic mass is 10.3. The smallest absolute Gasteiger partial charge is 0.193 e. The molecule has 0 spiro atoms. The molecule has 0 atom stereocenters. The van der Waals surface area contributed by atoms with Gasteiger partial charge in [-0.25, -0.2) is 0 Å². The molecule has 0 saturated heterocycles. The van der Waals surface area contributed by atoms with Crippen LogP contribution >= 0.6 is 0 Å². The summed E-state index contributed by atoms with van der Waals surface area (Å²) in [5, 5.41) is 3.32. The van der Waals surface area contributed by atoms with E-state index in [1.807, 2.05) is 0 Å². The van der Waals surface area contributed by atoms with Crippen molar-refractivity contribution in [2.45, 2.75) is 39.5 Å². The molecule has 0 aromatic carbocycles. The molecule has 1 aliphatic carbocycles. The van der Waals surface area contributed by atoms with Crippen LogP contribution in [-0.2, 0) is 4.74 Å². The van der Waals surface area contributed by atoms with Crippen molar-refractivity contribution in [3.63, 3.8) is 0 Å². The zero-order valence-electron chi connectivity index (χ0n) is 12.2. The summed E-state index contributed by atoms with van der Waals surface area (Å²) in [7, 11) is 2.08. The number of rotatable bonds is 9. The molecule has 0 aromatic heterocycles. The lowest BCUT2D eigenvalue weighted by Crippen LogP contribution is -2.40. The molecular formula is C14H29N3O. The van der Waals surface area contributed by atoms with Crippen molar-refractivity contribution in [3.8, 4) is 0 Å². The molecule has 0 heterocycles. The molecule has 106 valence electrons. The highest BCUT2D eigenvalue weighted by Gasteiger charge is 2.21. The number of nitrogens with one attached hydrogen (secondary N) is 1. The van der Waals surface area contributed by atoms with Crippen molar-refractivity contribution in [2.24, 2.45) is 10.9 Å². The number of unbranched alkanes of at least 4 members (excludes halogenated alkanes) is 1. The maximum atomic E-state index is 5.66. The van der Waals surface area contributed by atoms with E-state index in [1.54, 1.807) is 0 Å². The van der Waals surface area contributed by atoms with Gasteiger partial charge in [0.05, 0.1) is 6.61 Å². The van der Waals surface area contributed by atoms with Crippen LogP contribution in [0.5, 0.6) is 0 Å². The Balaban J connectivity index is 2.18. The summed E-state index contributed by atoms with van der Waals surface area (Å²) in [5.41, 5.74) is 0. The van der Waals surface area contributed by atoms with Gasteiger partial charge in [0.25, 0.3) is 0 Å². The zero-order chi connectivity index (χ0) is 13.2. The highest BCUT2D eigenvalue weighted by Crippen LogP contribution is 2.28. The van der Waals surface area contributed by atoms with Crippen LogP contribution < -0.4 is 5.32 Å². The fourth-order valence-corrected chi connectivity index (χ4v) is 1.65. The summed E-state index contributed by atoms with van der Waals surface area (Å²) in [6.45, 7) is 8.77. The van der Waals surface area contributed by atoms with Crippen LogP contribution in [0.3, 0.4) is 0 Å². The predicted octanol–water partition coefficient (Wildman–Crippen LogP) is 2.11. The molecule has 0 bridgehead atoms. The number of hydrogen-bond acceptors (Lipinski definition) is 2. The van der Waals surface area contributed by atoms with Crippen molar-refractivity contribution < 1.29 is 4.74 Å². The summed E-state index contributed by atoms with van der Waals surface area (Å²) >= 11 is 0. The van der Waals surface area contributed by atoms with E-state index in [2.05, 4.69) is 36.1 Å². The largest absolute Gasteiger partial charge is 0.379 e. The van der Waals surface area contributed by atoms with E-state index in [0.29, 0.717) is 0 Å². The number of hydrogen-bond donors (Lipinski definition) is 1. The molecule has 0 unspecified atom stereocenters. The number of aliphatic imine (C=N–C) groups is 1. The Morgan fingerprint density at radius 2 is 2.17 bits per heavy atom. The van der Waals surface area contributed by atoms with E-state index < -0.39 is 0 Å². The molecule has 4 nitrogen and oxygen atoms in total. The first-order valence-electron chi connectivity index (χ1n) is 7.35. The maximum Gasteiger partial charge on any atom is 0.193 e. The molecule has 1 rings (SSSR count). The summed E-state index contributed by atoms with van der Waals surface area (Å²) in [5.74, 6) is 1.85. The highest BCUT2D eigenvalue weighted by atomic mass is 16.5. The molecule has 1 saturated carbocycles. The van der Waals surface area contributed by atoms with E-state index in [-0.39, 0.29) is 0 Å². The number of ether oxygens (including phenoxy) is 1. The average molecular weight is 255 g/mol. The van der Waals surface area contributed by atoms with E-state index in [0.717, 1.165) is 51.1 Å². The van der Waals surface area contributed by atoms with Gasteiger partial charge in [-0.15, -0.1) is 0 Å².